The Morgan fingerprint density at radius 1 is 1.33 bits per heavy atom. The van der Waals surface area contributed by atoms with Gasteiger partial charge in [0.05, 0.1) is 35.3 Å². The number of nitrogens with zero attached hydrogens (tertiary/aromatic N) is 1. The molecule has 1 fully saturated rings. The first-order valence-corrected chi connectivity index (χ1v) is 7.47. The predicted octanol–water partition coefficient (Wildman–Crippen LogP) is 1.66. The minimum Gasteiger partial charge on any atom is -0.379 e. The van der Waals surface area contributed by atoms with Crippen molar-refractivity contribution in [1.82, 2.24) is 0 Å². The quantitative estimate of drug-likeness (QED) is 0.830. The van der Waals surface area contributed by atoms with Gasteiger partial charge in [-0.2, -0.15) is 5.26 Å². The Bertz CT molecular complexity index is 565. The molecule has 0 bridgehead atoms. The Labute approximate surface area is 107 Å². The van der Waals surface area contributed by atoms with Gasteiger partial charge in [-0.05, 0) is 17.7 Å². The SMILES string of the molecule is CCS(=O)(=O)c1ccc(C2(CC#N)COC2)cc1. The van der Waals surface area contributed by atoms with Gasteiger partial charge in [0.2, 0.25) is 0 Å². The van der Waals surface area contributed by atoms with Crippen LogP contribution in [0.5, 0.6) is 0 Å². The third-order valence-corrected chi connectivity index (χ3v) is 5.13. The van der Waals surface area contributed by atoms with Crippen LogP contribution < -0.4 is 0 Å². The average molecular weight is 265 g/mol. The molecule has 0 aromatic heterocycles. The second-order valence-corrected chi connectivity index (χ2v) is 6.81. The van der Waals surface area contributed by atoms with Crippen molar-refractivity contribution in [1.29, 1.82) is 5.26 Å². The zero-order valence-electron chi connectivity index (χ0n) is 10.2. The van der Waals surface area contributed by atoms with Gasteiger partial charge in [0.25, 0.3) is 0 Å². The Hall–Kier alpha value is -1.38. The predicted molar refractivity (Wildman–Crippen MR) is 66.9 cm³/mol. The molecule has 4 nitrogen and oxygen atoms in total. The van der Waals surface area contributed by atoms with Crippen LogP contribution >= 0.6 is 0 Å². The van der Waals surface area contributed by atoms with Gasteiger partial charge in [-0.1, -0.05) is 19.1 Å². The molecule has 0 unspecified atom stereocenters. The lowest BCUT2D eigenvalue weighted by Crippen LogP contribution is -2.46. The summed E-state index contributed by atoms with van der Waals surface area (Å²) in [5.41, 5.74) is 0.730. The molecule has 5 heteroatoms. The molecule has 1 saturated heterocycles. The van der Waals surface area contributed by atoms with Crippen LogP contribution in [0.15, 0.2) is 29.2 Å². The number of hydrogen-bond acceptors (Lipinski definition) is 4. The highest BCUT2D eigenvalue weighted by Crippen LogP contribution is 2.35. The van der Waals surface area contributed by atoms with Gasteiger partial charge in [-0.25, -0.2) is 8.42 Å². The van der Waals surface area contributed by atoms with Crippen LogP contribution in [0.2, 0.25) is 0 Å². The molecule has 2 rings (SSSR count). The maximum Gasteiger partial charge on any atom is 0.178 e. The number of nitriles is 1. The highest BCUT2D eigenvalue weighted by atomic mass is 32.2. The zero-order valence-corrected chi connectivity index (χ0v) is 11.0. The highest BCUT2D eigenvalue weighted by molar-refractivity contribution is 7.91. The van der Waals surface area contributed by atoms with Crippen molar-refractivity contribution in [2.75, 3.05) is 19.0 Å². The maximum atomic E-state index is 11.7. The minimum absolute atomic E-state index is 0.0960. The molecule has 0 N–H and O–H groups in total. The third-order valence-electron chi connectivity index (χ3n) is 3.38. The van der Waals surface area contributed by atoms with E-state index >= 15 is 0 Å². The summed E-state index contributed by atoms with van der Waals surface area (Å²) in [6.07, 6.45) is 0.396. The number of sulfone groups is 1. The normalized spacial score (nSPS) is 17.8. The Balaban J connectivity index is 2.31. The lowest BCUT2D eigenvalue weighted by molar-refractivity contribution is -0.0577. The number of hydrogen-bond donors (Lipinski definition) is 0. The van der Waals surface area contributed by atoms with E-state index in [4.69, 9.17) is 10.00 Å². The van der Waals surface area contributed by atoms with E-state index in [2.05, 4.69) is 6.07 Å². The molecule has 18 heavy (non-hydrogen) atoms. The largest absolute Gasteiger partial charge is 0.379 e. The first-order chi connectivity index (χ1) is 8.54. The average Bonchev–Trinajstić information content (AvgIpc) is 2.34. The van der Waals surface area contributed by atoms with Crippen molar-refractivity contribution in [2.45, 2.75) is 23.7 Å². The molecular formula is C13H15NO3S. The summed E-state index contributed by atoms with van der Waals surface area (Å²) in [5, 5.41) is 8.85. The van der Waals surface area contributed by atoms with E-state index in [0.29, 0.717) is 24.5 Å². The number of benzene rings is 1. The highest BCUT2D eigenvalue weighted by Gasteiger charge is 2.40. The van der Waals surface area contributed by atoms with Gasteiger partial charge < -0.3 is 4.74 Å². The van der Waals surface area contributed by atoms with E-state index in [1.54, 1.807) is 31.2 Å². The fourth-order valence-electron chi connectivity index (χ4n) is 2.05. The third kappa shape index (κ3) is 2.14. The lowest BCUT2D eigenvalue weighted by atomic mass is 9.76. The monoisotopic (exact) mass is 265 g/mol. The topological polar surface area (TPSA) is 67.2 Å². The molecule has 1 aromatic carbocycles. The molecule has 0 radical (unpaired) electrons. The molecular weight excluding hydrogens is 250 g/mol. The van der Waals surface area contributed by atoms with Crippen LogP contribution in [0.25, 0.3) is 0 Å². The summed E-state index contributed by atoms with van der Waals surface area (Å²) >= 11 is 0. The molecule has 1 aliphatic rings. The Morgan fingerprint density at radius 2 is 1.94 bits per heavy atom. The summed E-state index contributed by atoms with van der Waals surface area (Å²) in [5.74, 6) is 0.0960. The van der Waals surface area contributed by atoms with Crippen molar-refractivity contribution in [2.24, 2.45) is 0 Å². The summed E-state index contributed by atoms with van der Waals surface area (Å²) in [7, 11) is -3.16. The molecule has 0 spiro atoms. The maximum absolute atomic E-state index is 11.7. The van der Waals surface area contributed by atoms with Crippen molar-refractivity contribution >= 4 is 9.84 Å². The fraction of sp³-hybridized carbons (Fsp3) is 0.462. The van der Waals surface area contributed by atoms with Gasteiger partial charge in [0, 0.05) is 6.42 Å². The van der Waals surface area contributed by atoms with Gasteiger partial charge in [0.1, 0.15) is 0 Å². The second-order valence-electron chi connectivity index (χ2n) is 4.54. The summed E-state index contributed by atoms with van der Waals surface area (Å²) in [6.45, 7) is 2.68. The van der Waals surface area contributed by atoms with Crippen LogP contribution in [-0.2, 0) is 20.0 Å². The molecule has 0 amide bonds. The van der Waals surface area contributed by atoms with Gasteiger partial charge in [-0.3, -0.25) is 0 Å². The van der Waals surface area contributed by atoms with Crippen LogP contribution in [0.4, 0.5) is 0 Å². The summed E-state index contributed by atoms with van der Waals surface area (Å²) < 4.78 is 28.6. The van der Waals surface area contributed by atoms with Crippen LogP contribution in [0.3, 0.4) is 0 Å². The molecule has 96 valence electrons. The lowest BCUT2D eigenvalue weighted by Gasteiger charge is -2.40. The van der Waals surface area contributed by atoms with Crippen molar-refractivity contribution in [3.05, 3.63) is 29.8 Å². The minimum atomic E-state index is -3.16. The second kappa shape index (κ2) is 4.71. The van der Waals surface area contributed by atoms with Crippen molar-refractivity contribution in [3.8, 4) is 6.07 Å². The van der Waals surface area contributed by atoms with Crippen LogP contribution in [0.1, 0.15) is 18.9 Å². The fourth-order valence-corrected chi connectivity index (χ4v) is 2.94. The van der Waals surface area contributed by atoms with E-state index in [-0.39, 0.29) is 11.2 Å². The molecule has 1 heterocycles. The smallest absolute Gasteiger partial charge is 0.178 e. The zero-order chi connectivity index (χ0) is 13.2. The molecule has 1 aliphatic heterocycles. The van der Waals surface area contributed by atoms with E-state index < -0.39 is 9.84 Å². The van der Waals surface area contributed by atoms with Crippen molar-refractivity contribution < 1.29 is 13.2 Å². The van der Waals surface area contributed by atoms with Crippen molar-refractivity contribution in [3.63, 3.8) is 0 Å². The standard InChI is InChI=1S/C13H15NO3S/c1-2-18(15,16)12-5-3-11(4-6-12)13(7-8-14)9-17-10-13/h3-6H,2,7,9-10H2,1H3. The van der Waals surface area contributed by atoms with E-state index in [1.807, 2.05) is 0 Å². The number of ether oxygens (including phenoxy) is 1. The molecule has 0 atom stereocenters. The van der Waals surface area contributed by atoms with Crippen LogP contribution in [0, 0.1) is 11.3 Å². The molecule has 1 aromatic rings. The summed E-state index contributed by atoms with van der Waals surface area (Å²) in [4.78, 5) is 0.334. The molecule has 0 aliphatic carbocycles. The Kier molecular flexibility index (Phi) is 3.42. The van der Waals surface area contributed by atoms with E-state index in [9.17, 15) is 8.42 Å². The number of rotatable bonds is 4. The molecule has 0 saturated carbocycles. The first kappa shape index (κ1) is 13.1. The van der Waals surface area contributed by atoms with E-state index in [0.717, 1.165) is 5.56 Å². The van der Waals surface area contributed by atoms with E-state index in [1.165, 1.54) is 0 Å². The van der Waals surface area contributed by atoms with Crippen LogP contribution in [-0.4, -0.2) is 27.4 Å². The van der Waals surface area contributed by atoms with Gasteiger partial charge in [0.15, 0.2) is 9.84 Å². The van der Waals surface area contributed by atoms with Gasteiger partial charge >= 0.3 is 0 Å². The first-order valence-electron chi connectivity index (χ1n) is 5.82. The van der Waals surface area contributed by atoms with Gasteiger partial charge in [-0.15, -0.1) is 0 Å². The summed E-state index contributed by atoms with van der Waals surface area (Å²) in [6, 6.07) is 8.99. The Morgan fingerprint density at radius 3 is 2.33 bits per heavy atom.